The zero-order chi connectivity index (χ0) is 17.3. The average molecular weight is 352 g/mol. The van der Waals surface area contributed by atoms with Gasteiger partial charge in [0.15, 0.2) is 0 Å². The minimum absolute atomic E-state index is 0.0963. The van der Waals surface area contributed by atoms with Gasteiger partial charge in [-0.15, -0.1) is 0 Å². The zero-order valence-corrected chi connectivity index (χ0v) is 14.4. The highest BCUT2D eigenvalue weighted by Gasteiger charge is 2.41. The van der Waals surface area contributed by atoms with Crippen LogP contribution in [0.1, 0.15) is 32.6 Å². The summed E-state index contributed by atoms with van der Waals surface area (Å²) in [6, 6.07) is 4.34. The lowest BCUT2D eigenvalue weighted by molar-refractivity contribution is -0.384. The molecule has 130 valence electrons. The molecule has 2 N–H and O–H groups in total. The Morgan fingerprint density at radius 1 is 1.42 bits per heavy atom. The van der Waals surface area contributed by atoms with Crippen LogP contribution in [0.2, 0.25) is 5.02 Å². The lowest BCUT2D eigenvalue weighted by atomic mass is 9.84. The molecule has 2 aliphatic carbocycles. The number of rotatable bonds is 6. The molecule has 0 heterocycles. The van der Waals surface area contributed by atoms with Crippen LogP contribution in [0, 0.1) is 27.9 Å². The van der Waals surface area contributed by atoms with Crippen molar-refractivity contribution < 1.29 is 9.72 Å². The van der Waals surface area contributed by atoms with Crippen molar-refractivity contribution in [2.24, 2.45) is 17.8 Å². The van der Waals surface area contributed by atoms with E-state index in [1.54, 1.807) is 0 Å². The van der Waals surface area contributed by atoms with E-state index in [1.807, 2.05) is 0 Å². The van der Waals surface area contributed by atoms with Gasteiger partial charge in [0.1, 0.15) is 0 Å². The van der Waals surface area contributed by atoms with Crippen molar-refractivity contribution in [2.75, 3.05) is 11.9 Å². The monoisotopic (exact) mass is 351 g/mol. The molecule has 2 aliphatic rings. The van der Waals surface area contributed by atoms with E-state index >= 15 is 0 Å². The molecule has 0 unspecified atom stereocenters. The van der Waals surface area contributed by atoms with E-state index in [0.717, 1.165) is 11.8 Å². The fourth-order valence-corrected chi connectivity index (χ4v) is 4.45. The van der Waals surface area contributed by atoms with E-state index < -0.39 is 4.92 Å². The number of hydrogen-bond donors (Lipinski definition) is 2. The van der Waals surface area contributed by atoms with Gasteiger partial charge in [-0.2, -0.15) is 0 Å². The van der Waals surface area contributed by atoms with E-state index in [2.05, 4.69) is 17.6 Å². The van der Waals surface area contributed by atoms with E-state index in [0.29, 0.717) is 17.6 Å². The van der Waals surface area contributed by atoms with Crippen molar-refractivity contribution in [1.29, 1.82) is 0 Å². The van der Waals surface area contributed by atoms with Gasteiger partial charge in [0.2, 0.25) is 5.91 Å². The second kappa shape index (κ2) is 7.07. The zero-order valence-electron chi connectivity index (χ0n) is 13.6. The molecule has 0 aliphatic heterocycles. The Labute approximate surface area is 146 Å². The minimum Gasteiger partial charge on any atom is -0.324 e. The van der Waals surface area contributed by atoms with Crippen LogP contribution in [0.3, 0.4) is 0 Å². The summed E-state index contributed by atoms with van der Waals surface area (Å²) >= 11 is 5.99. The molecule has 4 atom stereocenters. The molecule has 2 bridgehead atoms. The number of carbonyl (C=O) groups is 1. The highest BCUT2D eigenvalue weighted by atomic mass is 35.5. The lowest BCUT2D eigenvalue weighted by Crippen LogP contribution is -2.40. The number of fused-ring (bicyclic) bond motifs is 2. The number of halogens is 1. The van der Waals surface area contributed by atoms with Crippen molar-refractivity contribution in [3.05, 3.63) is 33.3 Å². The SMILES string of the molecule is C[C@H](NCC(=O)Nc1ccc([N+](=O)[O-])cc1Cl)[C@H]1C[C@H]2CC[C@H]1C2. The first-order valence-corrected chi connectivity index (χ1v) is 8.79. The number of nitrogens with one attached hydrogen (secondary N) is 2. The Hall–Kier alpha value is -1.66. The third kappa shape index (κ3) is 3.70. The maximum atomic E-state index is 12.1. The molecule has 1 amide bonds. The smallest absolute Gasteiger partial charge is 0.271 e. The average Bonchev–Trinajstić information content (AvgIpc) is 3.17. The van der Waals surface area contributed by atoms with Gasteiger partial charge in [-0.3, -0.25) is 14.9 Å². The summed E-state index contributed by atoms with van der Waals surface area (Å²) in [5.74, 6) is 2.17. The molecule has 3 rings (SSSR count). The molecule has 6 nitrogen and oxygen atoms in total. The number of amides is 1. The number of nitro benzene ring substituents is 1. The predicted molar refractivity (Wildman–Crippen MR) is 93.1 cm³/mol. The maximum absolute atomic E-state index is 12.1. The van der Waals surface area contributed by atoms with Crippen LogP contribution in [0.25, 0.3) is 0 Å². The van der Waals surface area contributed by atoms with Crippen LogP contribution in [0.5, 0.6) is 0 Å². The van der Waals surface area contributed by atoms with Gasteiger partial charge in [-0.1, -0.05) is 18.0 Å². The topological polar surface area (TPSA) is 84.3 Å². The highest BCUT2D eigenvalue weighted by Crippen LogP contribution is 2.49. The summed E-state index contributed by atoms with van der Waals surface area (Å²) in [6.07, 6.45) is 5.31. The largest absolute Gasteiger partial charge is 0.324 e. The summed E-state index contributed by atoms with van der Waals surface area (Å²) in [7, 11) is 0. The lowest BCUT2D eigenvalue weighted by Gasteiger charge is -2.28. The third-order valence-corrected chi connectivity index (χ3v) is 5.77. The van der Waals surface area contributed by atoms with Crippen molar-refractivity contribution in [1.82, 2.24) is 5.32 Å². The second-order valence-corrected chi connectivity index (χ2v) is 7.38. The first kappa shape index (κ1) is 17.2. The molecule has 0 saturated heterocycles. The van der Waals surface area contributed by atoms with E-state index in [1.165, 1.54) is 43.9 Å². The van der Waals surface area contributed by atoms with Crippen molar-refractivity contribution in [3.63, 3.8) is 0 Å². The summed E-state index contributed by atoms with van der Waals surface area (Å²) in [5, 5.41) is 16.9. The van der Waals surface area contributed by atoms with Crippen LogP contribution in [-0.2, 0) is 4.79 Å². The quantitative estimate of drug-likeness (QED) is 0.605. The maximum Gasteiger partial charge on any atom is 0.271 e. The molecule has 0 spiro atoms. The summed E-state index contributed by atoms with van der Waals surface area (Å²) < 4.78 is 0. The number of carbonyl (C=O) groups excluding carboxylic acids is 1. The molecule has 2 fully saturated rings. The van der Waals surface area contributed by atoms with Crippen molar-refractivity contribution >= 4 is 28.9 Å². The summed E-state index contributed by atoms with van der Waals surface area (Å²) in [6.45, 7) is 2.36. The Morgan fingerprint density at radius 2 is 2.21 bits per heavy atom. The summed E-state index contributed by atoms with van der Waals surface area (Å²) in [5.41, 5.74) is 0.294. The van der Waals surface area contributed by atoms with Crippen molar-refractivity contribution in [2.45, 2.75) is 38.6 Å². The van der Waals surface area contributed by atoms with Gasteiger partial charge in [-0.25, -0.2) is 0 Å². The van der Waals surface area contributed by atoms with Crippen LogP contribution in [-0.4, -0.2) is 23.4 Å². The van der Waals surface area contributed by atoms with Crippen molar-refractivity contribution in [3.8, 4) is 0 Å². The normalized spacial score (nSPS) is 26.3. The number of anilines is 1. The number of nitrogens with zero attached hydrogens (tertiary/aromatic N) is 1. The van der Waals surface area contributed by atoms with Crippen LogP contribution in [0.4, 0.5) is 11.4 Å². The third-order valence-electron chi connectivity index (χ3n) is 5.46. The molecular weight excluding hydrogens is 330 g/mol. The fraction of sp³-hybridized carbons (Fsp3) is 0.588. The molecule has 2 saturated carbocycles. The molecule has 0 radical (unpaired) electrons. The second-order valence-electron chi connectivity index (χ2n) is 6.98. The molecule has 0 aromatic heterocycles. The van der Waals surface area contributed by atoms with E-state index in [9.17, 15) is 14.9 Å². The molecule has 1 aromatic rings. The van der Waals surface area contributed by atoms with Crippen LogP contribution in [0.15, 0.2) is 18.2 Å². The van der Waals surface area contributed by atoms with Gasteiger partial charge in [0, 0.05) is 18.2 Å². The Morgan fingerprint density at radius 3 is 2.79 bits per heavy atom. The van der Waals surface area contributed by atoms with Gasteiger partial charge >= 0.3 is 0 Å². The standard InChI is InChI=1S/C17H22ClN3O3/c1-10(14-7-11-2-3-12(14)6-11)19-9-17(22)20-16-5-4-13(21(23)24)8-15(16)18/h4-5,8,10-12,14,19H,2-3,6-7,9H2,1H3,(H,20,22)/t10-,11-,12-,14+/m0/s1. The molecule has 1 aromatic carbocycles. The van der Waals surface area contributed by atoms with Gasteiger partial charge in [-0.05, 0) is 50.0 Å². The van der Waals surface area contributed by atoms with Gasteiger partial charge in [0.25, 0.3) is 5.69 Å². The number of non-ortho nitro benzene ring substituents is 1. The number of benzene rings is 1. The molecule has 24 heavy (non-hydrogen) atoms. The molecule has 7 heteroatoms. The fourth-order valence-electron chi connectivity index (χ4n) is 4.22. The predicted octanol–water partition coefficient (Wildman–Crippen LogP) is 3.60. The van der Waals surface area contributed by atoms with E-state index in [4.69, 9.17) is 11.6 Å². The summed E-state index contributed by atoms with van der Waals surface area (Å²) in [4.78, 5) is 22.3. The number of hydrogen-bond acceptors (Lipinski definition) is 4. The van der Waals surface area contributed by atoms with Gasteiger partial charge in [0.05, 0.1) is 22.2 Å². The first-order chi connectivity index (χ1) is 11.4. The Bertz CT molecular complexity index is 652. The van der Waals surface area contributed by atoms with Gasteiger partial charge < -0.3 is 10.6 Å². The Balaban J connectivity index is 1.50. The molecular formula is C17H22ClN3O3. The Kier molecular flexibility index (Phi) is 5.06. The highest BCUT2D eigenvalue weighted by molar-refractivity contribution is 6.34. The first-order valence-electron chi connectivity index (χ1n) is 8.41. The minimum atomic E-state index is -0.518. The van der Waals surface area contributed by atoms with Crippen LogP contribution < -0.4 is 10.6 Å². The van der Waals surface area contributed by atoms with Crippen LogP contribution >= 0.6 is 11.6 Å². The number of nitro groups is 1. The van der Waals surface area contributed by atoms with E-state index in [-0.39, 0.29) is 23.2 Å².